The van der Waals surface area contributed by atoms with Gasteiger partial charge in [-0.05, 0) is 86.3 Å². The van der Waals surface area contributed by atoms with Crippen LogP contribution >= 0.6 is 0 Å². The minimum Gasteiger partial charge on any atom is -0.342 e. The van der Waals surface area contributed by atoms with Gasteiger partial charge in [-0.15, -0.1) is 0 Å². The second kappa shape index (κ2) is 8.46. The molecule has 5 aliphatic rings. The van der Waals surface area contributed by atoms with Gasteiger partial charge in [-0.3, -0.25) is 19.5 Å². The van der Waals surface area contributed by atoms with Crippen LogP contribution in [0.1, 0.15) is 50.5 Å². The van der Waals surface area contributed by atoms with E-state index >= 15 is 4.39 Å². The highest BCUT2D eigenvalue weighted by Crippen LogP contribution is 2.46. The second-order valence-corrected chi connectivity index (χ2v) is 13.8. The molecule has 2 aromatic carbocycles. The molecule has 9 heteroatoms. The number of amidine groups is 1. The summed E-state index contributed by atoms with van der Waals surface area (Å²) in [5.74, 6) is 0.345. The first-order valence-electron chi connectivity index (χ1n) is 13.6. The highest BCUT2D eigenvalue weighted by atomic mass is 32.2. The minimum atomic E-state index is -3.35. The Morgan fingerprint density at radius 1 is 1.03 bits per heavy atom. The molecule has 1 spiro atoms. The van der Waals surface area contributed by atoms with E-state index in [4.69, 9.17) is 4.99 Å². The van der Waals surface area contributed by atoms with Crippen LogP contribution in [0.25, 0.3) is 11.1 Å². The molecule has 1 saturated heterocycles. The van der Waals surface area contributed by atoms with Gasteiger partial charge in [-0.25, -0.2) is 12.8 Å². The molecule has 1 unspecified atom stereocenters. The Balaban J connectivity index is 1.14. The van der Waals surface area contributed by atoms with Gasteiger partial charge >= 0.3 is 0 Å². The number of benzene rings is 2. The molecule has 0 radical (unpaired) electrons. The van der Waals surface area contributed by atoms with E-state index in [1.54, 1.807) is 41.3 Å². The maximum Gasteiger partial charge on any atom is 0.256 e. The molecule has 3 saturated carbocycles. The monoisotopic (exact) mass is 535 g/mol. The Labute approximate surface area is 221 Å². The number of nitrogens with zero attached hydrogens (tertiary/aromatic N) is 3. The van der Waals surface area contributed by atoms with Crippen molar-refractivity contribution in [2.75, 3.05) is 19.6 Å². The minimum absolute atomic E-state index is 0.0686. The van der Waals surface area contributed by atoms with Gasteiger partial charge in [0.1, 0.15) is 17.2 Å². The van der Waals surface area contributed by atoms with Gasteiger partial charge in [0.25, 0.3) is 5.91 Å². The molecule has 0 bridgehead atoms. The highest BCUT2D eigenvalue weighted by Gasteiger charge is 2.58. The number of halogens is 1. The van der Waals surface area contributed by atoms with Crippen LogP contribution in [0.2, 0.25) is 0 Å². The number of hydrogen-bond donors (Lipinski definition) is 0. The number of likely N-dealkylation sites (tertiary alicyclic amines) is 1. The van der Waals surface area contributed by atoms with Crippen LogP contribution in [-0.2, 0) is 19.4 Å². The normalized spacial score (nSPS) is 24.3. The number of aliphatic imine (C=N–C) groups is 1. The summed E-state index contributed by atoms with van der Waals surface area (Å²) in [7, 11) is -3.35. The van der Waals surface area contributed by atoms with Crippen LogP contribution in [-0.4, -0.2) is 66.3 Å². The van der Waals surface area contributed by atoms with Crippen molar-refractivity contribution in [3.05, 3.63) is 53.8 Å². The fourth-order valence-electron chi connectivity index (χ4n) is 5.81. The van der Waals surface area contributed by atoms with E-state index in [0.717, 1.165) is 19.3 Å². The Morgan fingerprint density at radius 3 is 2.47 bits per heavy atom. The first-order valence-corrected chi connectivity index (χ1v) is 15.1. The maximum atomic E-state index is 15.6. The largest absolute Gasteiger partial charge is 0.342 e. The molecule has 0 N–H and O–H groups in total. The molecule has 3 aliphatic carbocycles. The van der Waals surface area contributed by atoms with E-state index in [1.165, 1.54) is 6.07 Å². The van der Waals surface area contributed by atoms with Crippen molar-refractivity contribution in [2.24, 2.45) is 16.8 Å². The van der Waals surface area contributed by atoms with Crippen LogP contribution in [0, 0.1) is 17.7 Å². The zero-order valence-corrected chi connectivity index (χ0v) is 21.9. The van der Waals surface area contributed by atoms with Gasteiger partial charge in [0, 0.05) is 25.6 Å². The lowest BCUT2D eigenvalue weighted by Crippen LogP contribution is -2.41. The third-order valence-electron chi connectivity index (χ3n) is 8.58. The van der Waals surface area contributed by atoms with Crippen molar-refractivity contribution in [2.45, 2.75) is 60.6 Å². The van der Waals surface area contributed by atoms with E-state index in [-0.39, 0.29) is 39.4 Å². The second-order valence-electron chi connectivity index (χ2n) is 11.6. The van der Waals surface area contributed by atoms with Gasteiger partial charge in [0.05, 0.1) is 15.7 Å². The quantitative estimate of drug-likeness (QED) is 0.540. The number of carbonyl (C=O) groups is 2. The lowest BCUT2D eigenvalue weighted by atomic mass is 10.0. The van der Waals surface area contributed by atoms with Crippen molar-refractivity contribution in [3.63, 3.8) is 0 Å². The molecular weight excluding hydrogens is 505 g/mol. The van der Waals surface area contributed by atoms with Gasteiger partial charge < -0.3 is 4.90 Å². The smallest absolute Gasteiger partial charge is 0.256 e. The van der Waals surface area contributed by atoms with Crippen molar-refractivity contribution in [1.82, 2.24) is 9.80 Å². The third kappa shape index (κ3) is 4.06. The zero-order chi connectivity index (χ0) is 26.2. The molecule has 0 aromatic heterocycles. The van der Waals surface area contributed by atoms with Gasteiger partial charge in [-0.2, -0.15) is 0 Å². The average molecular weight is 536 g/mol. The van der Waals surface area contributed by atoms with Crippen LogP contribution < -0.4 is 0 Å². The summed E-state index contributed by atoms with van der Waals surface area (Å²) in [6.45, 7) is 1.76. The third-order valence-corrected chi connectivity index (χ3v) is 10.8. The van der Waals surface area contributed by atoms with Gasteiger partial charge in [0.2, 0.25) is 5.91 Å². The van der Waals surface area contributed by atoms with Gasteiger partial charge in [-0.1, -0.05) is 18.2 Å². The number of sulfone groups is 1. The summed E-state index contributed by atoms with van der Waals surface area (Å²) in [6.07, 6.45) is 5.48. The molecule has 2 aromatic rings. The summed E-state index contributed by atoms with van der Waals surface area (Å²) in [4.78, 5) is 34.4. The van der Waals surface area contributed by atoms with E-state index in [9.17, 15) is 18.0 Å². The molecule has 2 amide bonds. The van der Waals surface area contributed by atoms with E-state index in [0.29, 0.717) is 62.3 Å². The van der Waals surface area contributed by atoms with Crippen molar-refractivity contribution < 1.29 is 22.4 Å². The summed E-state index contributed by atoms with van der Waals surface area (Å²) < 4.78 is 41.0. The standard InChI is InChI=1S/C29H30FN3O4S/c30-25-15-21(20-2-1-3-23(14-20)38(36,37)22-7-8-22)6-9-24(25)26-31-29(11-12-29)28(35)33(26)17-18-10-13-32(16-18)27(34)19-4-5-19/h1-3,6,9,14-15,18-19,22H,4-5,7-8,10-13,16-17H2. The summed E-state index contributed by atoms with van der Waals surface area (Å²) in [5, 5.41) is -0.311. The fraction of sp³-hybridized carbons (Fsp3) is 0.483. The molecular formula is C29H30FN3O4S. The van der Waals surface area contributed by atoms with Crippen LogP contribution in [0.5, 0.6) is 0 Å². The Morgan fingerprint density at radius 2 is 1.79 bits per heavy atom. The lowest BCUT2D eigenvalue weighted by molar-refractivity contribution is -0.131. The number of amides is 2. The van der Waals surface area contributed by atoms with Crippen molar-refractivity contribution in [3.8, 4) is 11.1 Å². The molecule has 4 fully saturated rings. The summed E-state index contributed by atoms with van der Waals surface area (Å²) in [5.41, 5.74) is 0.718. The predicted molar refractivity (Wildman–Crippen MR) is 140 cm³/mol. The van der Waals surface area contributed by atoms with Gasteiger partial charge in [0.15, 0.2) is 9.84 Å². The summed E-state index contributed by atoms with van der Waals surface area (Å²) >= 11 is 0. The number of rotatable bonds is 7. The number of carbonyl (C=O) groups excluding carboxylic acids is 2. The lowest BCUT2D eigenvalue weighted by Gasteiger charge is -2.24. The number of hydrogen-bond acceptors (Lipinski definition) is 5. The van der Waals surface area contributed by atoms with E-state index in [2.05, 4.69) is 0 Å². The molecule has 2 aliphatic heterocycles. The molecule has 2 heterocycles. The first-order chi connectivity index (χ1) is 18.2. The SMILES string of the molecule is O=C(C1CC1)N1CCC(CN2C(=O)C3(CC3)N=C2c2ccc(-c3cccc(S(=O)(=O)C4CC4)c3)cc2F)C1. The fourth-order valence-corrected chi connectivity index (χ4v) is 7.51. The van der Waals surface area contributed by atoms with Crippen LogP contribution in [0.15, 0.2) is 52.4 Å². The van der Waals surface area contributed by atoms with Crippen LogP contribution in [0.4, 0.5) is 4.39 Å². The van der Waals surface area contributed by atoms with Crippen molar-refractivity contribution >= 4 is 27.5 Å². The van der Waals surface area contributed by atoms with Crippen molar-refractivity contribution in [1.29, 1.82) is 0 Å². The predicted octanol–water partition coefficient (Wildman–Crippen LogP) is 3.81. The Bertz CT molecular complexity index is 1490. The molecule has 198 valence electrons. The molecule has 7 nitrogen and oxygen atoms in total. The molecule has 1 atom stereocenters. The maximum absolute atomic E-state index is 15.6. The topological polar surface area (TPSA) is 87.1 Å². The molecule has 38 heavy (non-hydrogen) atoms. The average Bonchev–Trinajstić information content (AvgIpc) is 3.78. The first kappa shape index (κ1) is 24.0. The summed E-state index contributed by atoms with van der Waals surface area (Å²) in [6, 6.07) is 11.5. The Hall–Kier alpha value is -3.07. The zero-order valence-electron chi connectivity index (χ0n) is 21.1. The molecule has 7 rings (SSSR count). The van der Waals surface area contributed by atoms with Crippen LogP contribution in [0.3, 0.4) is 0 Å². The highest BCUT2D eigenvalue weighted by molar-refractivity contribution is 7.92. The Kier molecular flexibility index (Phi) is 5.35. The van der Waals surface area contributed by atoms with E-state index < -0.39 is 21.2 Å². The van der Waals surface area contributed by atoms with E-state index in [1.807, 2.05) is 4.90 Å².